The molecule has 1 unspecified atom stereocenters. The van der Waals surface area contributed by atoms with Crippen molar-refractivity contribution in [3.05, 3.63) is 139 Å². The number of allylic oxidation sites excluding steroid dienone is 6. The first kappa shape index (κ1) is 48.9. The number of ether oxygens (including phenoxy) is 2. The summed E-state index contributed by atoms with van der Waals surface area (Å²) in [6, 6.07) is 30.7. The van der Waals surface area contributed by atoms with Crippen LogP contribution in [-0.2, 0) is 16.0 Å². The lowest BCUT2D eigenvalue weighted by molar-refractivity contribution is -0.116. The quantitative estimate of drug-likeness (QED) is 0.0424. The smallest absolute Gasteiger partial charge is 0.232 e. The van der Waals surface area contributed by atoms with Gasteiger partial charge in [-0.1, -0.05) is 118 Å². The molecule has 1 aromatic heterocycles. The molecule has 5 rings (SSSR count). The number of amides is 2. The summed E-state index contributed by atoms with van der Waals surface area (Å²) in [5.41, 5.74) is 8.12. The maximum Gasteiger partial charge on any atom is 0.232 e. The minimum absolute atomic E-state index is 0.00864. The second kappa shape index (κ2) is 26.5. The molecule has 1 heterocycles. The molecule has 1 atom stereocenters. The third-order valence-electron chi connectivity index (χ3n) is 11.8. The molecule has 0 saturated heterocycles. The third kappa shape index (κ3) is 15.6. The van der Waals surface area contributed by atoms with Gasteiger partial charge in [-0.2, -0.15) is 0 Å². The van der Waals surface area contributed by atoms with E-state index in [0.717, 1.165) is 70.7 Å². The minimum atomic E-state index is -0.229. The van der Waals surface area contributed by atoms with Crippen LogP contribution in [-0.4, -0.2) is 31.2 Å². The van der Waals surface area contributed by atoms with Gasteiger partial charge >= 0.3 is 0 Å². The van der Waals surface area contributed by atoms with Crippen molar-refractivity contribution in [2.75, 3.05) is 24.9 Å². The van der Waals surface area contributed by atoms with E-state index in [1.807, 2.05) is 97.1 Å². The van der Waals surface area contributed by atoms with Crippen molar-refractivity contribution in [3.63, 3.8) is 0 Å². The fraction of sp³-hybridized carbons (Fsp3) is 0.375. The highest BCUT2D eigenvalue weighted by Crippen LogP contribution is 2.37. The summed E-state index contributed by atoms with van der Waals surface area (Å²) in [5, 5.41) is 10.4. The molecule has 0 saturated carbocycles. The van der Waals surface area contributed by atoms with Gasteiger partial charge in [-0.25, -0.2) is 0 Å². The summed E-state index contributed by atoms with van der Waals surface area (Å²) in [5.74, 6) is 2.99. The molecule has 0 aliphatic heterocycles. The predicted octanol–water partition coefficient (Wildman–Crippen LogP) is 14.8. The zero-order valence-electron chi connectivity index (χ0n) is 39.0. The van der Waals surface area contributed by atoms with Gasteiger partial charge in [0.05, 0.1) is 26.2 Å². The molecule has 0 aliphatic rings. The molecule has 0 radical (unpaired) electrons. The number of methoxy groups -OCH3 is 2. The van der Waals surface area contributed by atoms with Gasteiger partial charge in [0.25, 0.3) is 0 Å². The van der Waals surface area contributed by atoms with Gasteiger partial charge < -0.3 is 24.6 Å². The van der Waals surface area contributed by atoms with Crippen molar-refractivity contribution in [3.8, 4) is 45.0 Å². The molecule has 2 amide bonds. The van der Waals surface area contributed by atoms with Crippen molar-refractivity contribution in [2.45, 2.75) is 111 Å². The Labute approximate surface area is 382 Å². The van der Waals surface area contributed by atoms with Crippen molar-refractivity contribution in [1.29, 1.82) is 0 Å². The Hall–Kier alpha value is -6.15. The summed E-state index contributed by atoms with van der Waals surface area (Å²) in [4.78, 5) is 26.1. The number of benzene rings is 4. The average Bonchev–Trinajstić information content (AvgIpc) is 3.73. The average molecular weight is 864 g/mol. The molecule has 4 aromatic carbocycles. The SMILES string of the molecule is CCCCC/C=C\C/C=C(\CCCC/C=C\CCCC(=O)Nc1ccc(-c2ccc(NC(=O)Cc3onc(-c4ccc(OC)cc4)c3-c3ccc(OC)cc3)cc2)cc1)C(C)C(C)C. The van der Waals surface area contributed by atoms with E-state index in [0.29, 0.717) is 35.4 Å². The summed E-state index contributed by atoms with van der Waals surface area (Å²) in [6.45, 7) is 9.29. The maximum absolute atomic E-state index is 13.4. The van der Waals surface area contributed by atoms with Crippen LogP contribution in [0.5, 0.6) is 11.5 Å². The number of hydrogen-bond acceptors (Lipinski definition) is 6. The Morgan fingerprint density at radius 1 is 0.609 bits per heavy atom. The van der Waals surface area contributed by atoms with Crippen molar-refractivity contribution < 1.29 is 23.6 Å². The second-order valence-corrected chi connectivity index (χ2v) is 16.8. The number of carbonyl (C=O) groups is 2. The van der Waals surface area contributed by atoms with E-state index in [1.54, 1.807) is 19.8 Å². The molecule has 8 heteroatoms. The molecule has 338 valence electrons. The number of anilines is 2. The molecule has 0 bridgehead atoms. The third-order valence-corrected chi connectivity index (χ3v) is 11.8. The highest BCUT2D eigenvalue weighted by molar-refractivity contribution is 5.95. The number of nitrogens with zero attached hydrogens (tertiary/aromatic N) is 1. The largest absolute Gasteiger partial charge is 0.497 e. The molecule has 2 N–H and O–H groups in total. The van der Waals surface area contributed by atoms with Crippen LogP contribution in [0.2, 0.25) is 0 Å². The van der Waals surface area contributed by atoms with Gasteiger partial charge in [0.2, 0.25) is 11.8 Å². The van der Waals surface area contributed by atoms with Crippen molar-refractivity contribution >= 4 is 23.2 Å². The van der Waals surface area contributed by atoms with Gasteiger partial charge in [-0.15, -0.1) is 0 Å². The molecule has 0 fully saturated rings. The summed E-state index contributed by atoms with van der Waals surface area (Å²) in [6.07, 6.45) is 24.7. The predicted molar refractivity (Wildman–Crippen MR) is 265 cm³/mol. The number of hydrogen-bond donors (Lipinski definition) is 2. The highest BCUT2D eigenvalue weighted by Gasteiger charge is 2.22. The van der Waals surface area contributed by atoms with Crippen LogP contribution in [0.25, 0.3) is 33.5 Å². The van der Waals surface area contributed by atoms with E-state index in [-0.39, 0.29) is 18.2 Å². The number of aromatic nitrogens is 1. The number of carbonyl (C=O) groups excluding carboxylic acids is 2. The first-order valence-electron chi connectivity index (χ1n) is 23.3. The first-order valence-corrected chi connectivity index (χ1v) is 23.3. The van der Waals surface area contributed by atoms with Gasteiger partial charge in [-0.3, -0.25) is 9.59 Å². The standard InChI is InChI=1S/C56H69N3O5/c1-7-8-9-10-12-15-18-21-43(42(4)41(2)3)22-19-16-13-11-14-17-20-23-53(60)57-48-32-24-44(25-33-48)45-26-34-49(35-27-45)58-54(61)40-52-55(46-28-36-50(62-5)37-29-46)56(59-64-52)47-30-38-51(63-6)39-31-47/h11-12,14-15,21,24-39,41-42H,7-10,13,16-20,22-23,40H2,1-6H3,(H,57,60)(H,58,61)/b14-11-,15-12-,43-21+. The van der Waals surface area contributed by atoms with Crippen LogP contribution >= 0.6 is 0 Å². The second-order valence-electron chi connectivity index (χ2n) is 16.8. The monoisotopic (exact) mass is 864 g/mol. The zero-order valence-corrected chi connectivity index (χ0v) is 39.0. The summed E-state index contributed by atoms with van der Waals surface area (Å²) in [7, 11) is 3.25. The van der Waals surface area contributed by atoms with Gasteiger partial charge in [0, 0.05) is 23.4 Å². The number of rotatable bonds is 26. The lowest BCUT2D eigenvalue weighted by Gasteiger charge is -2.20. The zero-order chi connectivity index (χ0) is 45.5. The normalized spacial score (nSPS) is 12.3. The van der Waals surface area contributed by atoms with Gasteiger partial charge in [0.1, 0.15) is 17.2 Å². The van der Waals surface area contributed by atoms with E-state index in [9.17, 15) is 9.59 Å². The highest BCUT2D eigenvalue weighted by atomic mass is 16.5. The Bertz CT molecular complexity index is 2250. The van der Waals surface area contributed by atoms with Crippen LogP contribution in [0.1, 0.15) is 111 Å². The van der Waals surface area contributed by atoms with E-state index >= 15 is 0 Å². The fourth-order valence-corrected chi connectivity index (χ4v) is 7.61. The number of unbranched alkanes of at least 4 members (excludes halogenated alkanes) is 6. The van der Waals surface area contributed by atoms with Crippen LogP contribution in [0.3, 0.4) is 0 Å². The van der Waals surface area contributed by atoms with E-state index in [2.05, 4.69) is 73.9 Å². The van der Waals surface area contributed by atoms with E-state index in [1.165, 1.54) is 44.9 Å². The lowest BCUT2D eigenvalue weighted by Crippen LogP contribution is -2.14. The fourth-order valence-electron chi connectivity index (χ4n) is 7.61. The molecule has 64 heavy (non-hydrogen) atoms. The Kier molecular flexibility index (Phi) is 20.2. The first-order chi connectivity index (χ1) is 31.2. The van der Waals surface area contributed by atoms with Crippen LogP contribution in [0.4, 0.5) is 11.4 Å². The Morgan fingerprint density at radius 2 is 1.12 bits per heavy atom. The Morgan fingerprint density at radius 3 is 1.69 bits per heavy atom. The molecular weight excluding hydrogens is 795 g/mol. The summed E-state index contributed by atoms with van der Waals surface area (Å²) >= 11 is 0. The molecule has 0 aliphatic carbocycles. The molecular formula is C56H69N3O5. The van der Waals surface area contributed by atoms with E-state index in [4.69, 9.17) is 14.0 Å². The Balaban J connectivity index is 1.04. The maximum atomic E-state index is 13.4. The van der Waals surface area contributed by atoms with Crippen LogP contribution in [0, 0.1) is 11.8 Å². The van der Waals surface area contributed by atoms with Crippen LogP contribution in [0.15, 0.2) is 138 Å². The lowest BCUT2D eigenvalue weighted by atomic mass is 9.86. The molecule has 5 aromatic rings. The summed E-state index contributed by atoms with van der Waals surface area (Å²) < 4.78 is 16.5. The van der Waals surface area contributed by atoms with Crippen molar-refractivity contribution in [1.82, 2.24) is 5.16 Å². The van der Waals surface area contributed by atoms with E-state index < -0.39 is 0 Å². The van der Waals surface area contributed by atoms with Crippen molar-refractivity contribution in [2.24, 2.45) is 11.8 Å². The van der Waals surface area contributed by atoms with Gasteiger partial charge in [0.15, 0.2) is 5.76 Å². The minimum Gasteiger partial charge on any atom is -0.497 e. The number of nitrogens with one attached hydrogen (secondary N) is 2. The topological polar surface area (TPSA) is 103 Å². The molecule has 8 nitrogen and oxygen atoms in total. The van der Waals surface area contributed by atoms with Gasteiger partial charge in [-0.05, 0) is 147 Å². The molecule has 0 spiro atoms. The van der Waals surface area contributed by atoms with Crippen LogP contribution < -0.4 is 20.1 Å².